The molecule has 0 aliphatic carbocycles. The average Bonchev–Trinajstić information content (AvgIpc) is 2.36. The molecule has 0 saturated carbocycles. The summed E-state index contributed by atoms with van der Waals surface area (Å²) in [6.45, 7) is 7.10. The third-order valence-corrected chi connectivity index (χ3v) is 4.28. The van der Waals surface area contributed by atoms with E-state index in [9.17, 15) is 13.7 Å². The quantitative estimate of drug-likeness (QED) is 0.681. The van der Waals surface area contributed by atoms with Gasteiger partial charge in [0, 0.05) is 23.1 Å². The van der Waals surface area contributed by atoms with Crippen LogP contribution in [0.25, 0.3) is 0 Å². The van der Waals surface area contributed by atoms with E-state index in [1.807, 2.05) is 20.8 Å². The molecule has 112 valence electrons. The lowest BCUT2D eigenvalue weighted by atomic mass is 10.1. The first-order valence-corrected chi connectivity index (χ1v) is 7.24. The van der Waals surface area contributed by atoms with Crippen molar-refractivity contribution >= 4 is 17.3 Å². The highest BCUT2D eigenvalue weighted by atomic mass is 32.2. The molecule has 0 spiro atoms. The van der Waals surface area contributed by atoms with Crippen molar-refractivity contribution in [3.05, 3.63) is 29.3 Å². The third kappa shape index (κ3) is 3.91. The SMILES string of the molecule is COC(=O)c1nccc([C@@H](C)N[S+]([O-])C(C)(C)C)c1F. The molecule has 0 amide bonds. The van der Waals surface area contributed by atoms with Crippen LogP contribution in [0.3, 0.4) is 0 Å². The summed E-state index contributed by atoms with van der Waals surface area (Å²) in [7, 11) is 1.16. The number of methoxy groups -OCH3 is 1. The Balaban J connectivity index is 3.00. The second-order valence-corrected chi connectivity index (χ2v) is 7.27. The molecule has 1 aromatic heterocycles. The van der Waals surface area contributed by atoms with Gasteiger partial charge in [-0.2, -0.15) is 0 Å². The summed E-state index contributed by atoms with van der Waals surface area (Å²) in [4.78, 5) is 15.1. The minimum atomic E-state index is -1.35. The van der Waals surface area contributed by atoms with Crippen LogP contribution in [0.4, 0.5) is 4.39 Å². The average molecular weight is 302 g/mol. The van der Waals surface area contributed by atoms with Gasteiger partial charge in [-0.05, 0) is 33.8 Å². The van der Waals surface area contributed by atoms with E-state index in [0.29, 0.717) is 0 Å². The lowest BCUT2D eigenvalue weighted by Crippen LogP contribution is -2.40. The molecular weight excluding hydrogens is 283 g/mol. The summed E-state index contributed by atoms with van der Waals surface area (Å²) in [6.07, 6.45) is 1.32. The molecule has 1 heterocycles. The molecule has 1 aromatic rings. The Morgan fingerprint density at radius 3 is 2.65 bits per heavy atom. The normalized spacial score (nSPS) is 14.8. The first-order chi connectivity index (χ1) is 9.18. The van der Waals surface area contributed by atoms with Gasteiger partial charge in [-0.1, -0.05) is 0 Å². The van der Waals surface area contributed by atoms with Crippen molar-refractivity contribution in [2.75, 3.05) is 7.11 Å². The standard InChI is InChI=1S/C13H19FN2O3S/c1-8(16-20(18)13(2,3)4)9-6-7-15-11(10(9)14)12(17)19-5/h6-8,16H,1-5H3/t8-,20?/m1/s1. The van der Waals surface area contributed by atoms with E-state index >= 15 is 0 Å². The molecule has 0 bridgehead atoms. The number of ether oxygens (including phenoxy) is 1. The summed E-state index contributed by atoms with van der Waals surface area (Å²) < 4.78 is 33.0. The highest BCUT2D eigenvalue weighted by molar-refractivity contribution is 7.90. The minimum Gasteiger partial charge on any atom is -0.598 e. The molecule has 0 radical (unpaired) electrons. The molecule has 1 unspecified atom stereocenters. The zero-order valence-electron chi connectivity index (χ0n) is 12.2. The van der Waals surface area contributed by atoms with Crippen LogP contribution in [0.2, 0.25) is 0 Å². The van der Waals surface area contributed by atoms with Gasteiger partial charge in [0.25, 0.3) is 0 Å². The zero-order chi connectivity index (χ0) is 15.5. The molecule has 20 heavy (non-hydrogen) atoms. The fourth-order valence-electron chi connectivity index (χ4n) is 1.43. The zero-order valence-corrected chi connectivity index (χ0v) is 13.0. The van der Waals surface area contributed by atoms with Gasteiger partial charge in [0.1, 0.15) is 4.75 Å². The van der Waals surface area contributed by atoms with E-state index in [1.54, 1.807) is 6.92 Å². The number of rotatable bonds is 4. The minimum absolute atomic E-state index is 0.220. The van der Waals surface area contributed by atoms with Crippen molar-refractivity contribution in [2.24, 2.45) is 0 Å². The van der Waals surface area contributed by atoms with Crippen molar-refractivity contribution in [3.8, 4) is 0 Å². The van der Waals surface area contributed by atoms with Gasteiger partial charge in [-0.3, -0.25) is 0 Å². The number of carbonyl (C=O) groups excluding carboxylic acids is 1. The Bertz CT molecular complexity index is 491. The number of nitrogens with one attached hydrogen (secondary N) is 1. The highest BCUT2D eigenvalue weighted by Gasteiger charge is 2.30. The maximum Gasteiger partial charge on any atom is 0.359 e. The second-order valence-electron chi connectivity index (χ2n) is 5.27. The summed E-state index contributed by atoms with van der Waals surface area (Å²) in [6, 6.07) is 0.917. The predicted octanol–water partition coefficient (Wildman–Crippen LogP) is 2.12. The molecule has 1 rings (SSSR count). The third-order valence-electron chi connectivity index (χ3n) is 2.60. The summed E-state index contributed by atoms with van der Waals surface area (Å²) in [5.74, 6) is -1.60. The van der Waals surface area contributed by atoms with Crippen LogP contribution >= 0.6 is 0 Å². The molecular formula is C13H19FN2O3S. The van der Waals surface area contributed by atoms with Crippen molar-refractivity contribution in [1.29, 1.82) is 0 Å². The van der Waals surface area contributed by atoms with Gasteiger partial charge in [0.15, 0.2) is 11.5 Å². The van der Waals surface area contributed by atoms with Crippen LogP contribution in [-0.2, 0) is 16.1 Å². The molecule has 0 aromatic carbocycles. The summed E-state index contributed by atoms with van der Waals surface area (Å²) in [5.41, 5.74) is -0.154. The van der Waals surface area contributed by atoms with Crippen molar-refractivity contribution < 1.29 is 18.5 Å². The van der Waals surface area contributed by atoms with Gasteiger partial charge < -0.3 is 9.29 Å². The second kappa shape index (κ2) is 6.51. The summed E-state index contributed by atoms with van der Waals surface area (Å²) in [5, 5.41) is 0. The monoisotopic (exact) mass is 302 g/mol. The first kappa shape index (κ1) is 16.9. The van der Waals surface area contributed by atoms with Crippen molar-refractivity contribution in [2.45, 2.75) is 38.5 Å². The Kier molecular flexibility index (Phi) is 5.50. The molecule has 2 atom stereocenters. The lowest BCUT2D eigenvalue weighted by Gasteiger charge is -2.26. The number of esters is 1. The van der Waals surface area contributed by atoms with Gasteiger partial charge in [-0.25, -0.2) is 14.2 Å². The molecule has 0 aliphatic heterocycles. The summed E-state index contributed by atoms with van der Waals surface area (Å²) >= 11 is -1.35. The van der Waals surface area contributed by atoms with Gasteiger partial charge in [-0.15, -0.1) is 4.72 Å². The van der Waals surface area contributed by atoms with Crippen molar-refractivity contribution in [3.63, 3.8) is 0 Å². The number of aromatic nitrogens is 1. The molecule has 0 fully saturated rings. The molecule has 0 aliphatic rings. The van der Waals surface area contributed by atoms with Gasteiger partial charge in [0.2, 0.25) is 0 Å². The van der Waals surface area contributed by atoms with Gasteiger partial charge >= 0.3 is 5.97 Å². The maximum absolute atomic E-state index is 14.2. The van der Waals surface area contributed by atoms with E-state index < -0.39 is 33.9 Å². The smallest absolute Gasteiger partial charge is 0.359 e. The highest BCUT2D eigenvalue weighted by Crippen LogP contribution is 2.22. The fourth-order valence-corrected chi connectivity index (χ4v) is 2.23. The maximum atomic E-state index is 14.2. The molecule has 1 N–H and O–H groups in total. The van der Waals surface area contributed by atoms with Crippen LogP contribution in [0.5, 0.6) is 0 Å². The van der Waals surface area contributed by atoms with E-state index in [1.165, 1.54) is 12.3 Å². The first-order valence-electron chi connectivity index (χ1n) is 6.09. The Labute approximate surface area is 121 Å². The van der Waals surface area contributed by atoms with Gasteiger partial charge in [0.05, 0.1) is 13.2 Å². The number of pyridine rings is 1. The molecule has 0 saturated heterocycles. The molecule has 5 nitrogen and oxygen atoms in total. The van der Waals surface area contributed by atoms with Crippen molar-refractivity contribution in [1.82, 2.24) is 9.71 Å². The number of hydrogen-bond donors (Lipinski definition) is 1. The largest absolute Gasteiger partial charge is 0.598 e. The van der Waals surface area contributed by atoms with E-state index in [4.69, 9.17) is 0 Å². The Hall–Kier alpha value is -1.18. The van der Waals surface area contributed by atoms with E-state index in [-0.39, 0.29) is 11.3 Å². The Morgan fingerprint density at radius 1 is 1.55 bits per heavy atom. The number of nitrogens with zero attached hydrogens (tertiary/aromatic N) is 1. The van der Waals surface area contributed by atoms with E-state index in [2.05, 4.69) is 14.4 Å². The fraction of sp³-hybridized carbons (Fsp3) is 0.538. The van der Waals surface area contributed by atoms with Crippen LogP contribution < -0.4 is 4.72 Å². The number of hydrogen-bond acceptors (Lipinski definition) is 5. The van der Waals surface area contributed by atoms with Crippen LogP contribution in [0, 0.1) is 5.82 Å². The lowest BCUT2D eigenvalue weighted by molar-refractivity contribution is 0.0588. The van der Waals surface area contributed by atoms with Crippen LogP contribution in [-0.4, -0.2) is 27.4 Å². The van der Waals surface area contributed by atoms with Crippen LogP contribution in [0.15, 0.2) is 12.3 Å². The van der Waals surface area contributed by atoms with E-state index in [0.717, 1.165) is 7.11 Å². The number of halogens is 1. The topological polar surface area (TPSA) is 74.3 Å². The molecule has 7 heteroatoms. The predicted molar refractivity (Wildman–Crippen MR) is 75.0 cm³/mol. The number of carbonyl (C=O) groups is 1. The van der Waals surface area contributed by atoms with Crippen LogP contribution in [0.1, 0.15) is 49.8 Å². The Morgan fingerprint density at radius 2 is 2.15 bits per heavy atom.